The molecule has 0 atom stereocenters. The lowest BCUT2D eigenvalue weighted by atomic mass is 10.3. The number of hydrogen-bond acceptors (Lipinski definition) is 1. The predicted molar refractivity (Wildman–Crippen MR) is 29.6 cm³/mol. The van der Waals surface area contributed by atoms with Gasteiger partial charge in [-0.25, -0.2) is 0 Å². The topological polar surface area (TPSA) is 12.0 Å². The maximum atomic E-state index is 3.12. The van der Waals surface area contributed by atoms with Gasteiger partial charge in [0.2, 0.25) is 0 Å². The average molecular weight is 94.1 g/mol. The monoisotopic (exact) mass is 94.1 g/mol. The van der Waals surface area contributed by atoms with E-state index >= 15 is 0 Å². The molecule has 1 aliphatic rings. The zero-order chi connectivity index (χ0) is 5.11. The largest absolute Gasteiger partial charge is 0.385 e. The van der Waals surface area contributed by atoms with Crippen LogP contribution in [0.25, 0.3) is 0 Å². The Bertz CT molecular complexity index is 111. The zero-order valence-corrected chi connectivity index (χ0v) is 4.36. The summed E-state index contributed by atoms with van der Waals surface area (Å²) in [6.45, 7) is 2.96. The van der Waals surface area contributed by atoms with Gasteiger partial charge in [-0.15, -0.1) is 0 Å². The number of nitrogens with one attached hydrogen (secondary N) is 1. The summed E-state index contributed by atoms with van der Waals surface area (Å²) >= 11 is 0. The Morgan fingerprint density at radius 2 is 2.71 bits per heavy atom. The van der Waals surface area contributed by atoms with Crippen molar-refractivity contribution in [3.63, 3.8) is 0 Å². The molecule has 0 fully saturated rings. The Kier molecular flexibility index (Phi) is 1.16. The first-order chi connectivity index (χ1) is 3.39. The van der Waals surface area contributed by atoms with Gasteiger partial charge >= 0.3 is 0 Å². The highest BCUT2D eigenvalue weighted by Crippen LogP contribution is 1.90. The molecule has 0 aromatic heterocycles. The van der Waals surface area contributed by atoms with E-state index in [0.717, 1.165) is 6.54 Å². The van der Waals surface area contributed by atoms with E-state index < -0.39 is 0 Å². The molecule has 1 N–H and O–H groups in total. The van der Waals surface area contributed by atoms with Gasteiger partial charge < -0.3 is 5.32 Å². The Morgan fingerprint density at radius 3 is 3.00 bits per heavy atom. The molecule has 0 aromatic rings. The molecular weight excluding hydrogens is 86.1 g/mol. The Morgan fingerprint density at radius 1 is 1.86 bits per heavy atom. The first-order valence-electron chi connectivity index (χ1n) is 2.38. The molecule has 0 spiro atoms. The first kappa shape index (κ1) is 4.44. The summed E-state index contributed by atoms with van der Waals surface area (Å²) in [5.74, 6) is 0. The van der Waals surface area contributed by atoms with Gasteiger partial charge in [0.15, 0.2) is 0 Å². The molecule has 37 valence electrons. The van der Waals surface area contributed by atoms with Crippen LogP contribution in [-0.4, -0.2) is 6.54 Å². The minimum Gasteiger partial charge on any atom is -0.385 e. The van der Waals surface area contributed by atoms with Gasteiger partial charge in [-0.3, -0.25) is 0 Å². The highest BCUT2D eigenvalue weighted by molar-refractivity contribution is 5.09. The van der Waals surface area contributed by atoms with E-state index in [4.69, 9.17) is 0 Å². The Labute approximate surface area is 43.7 Å². The van der Waals surface area contributed by atoms with Crippen molar-refractivity contribution in [3.8, 4) is 0 Å². The molecule has 0 saturated carbocycles. The quantitative estimate of drug-likeness (QED) is 0.469. The normalized spacial score (nSPS) is 18.1. The SMILES string of the molecule is CC1=C[C]=CCN1. The van der Waals surface area contributed by atoms with E-state index in [1.807, 2.05) is 19.1 Å². The summed E-state index contributed by atoms with van der Waals surface area (Å²) in [4.78, 5) is 0. The standard InChI is InChI=1S/C6H8N/c1-6-4-2-3-5-7-6/h3-4,7H,5H2,1H3. The van der Waals surface area contributed by atoms with Crippen molar-refractivity contribution in [3.05, 3.63) is 23.9 Å². The number of allylic oxidation sites excluding steroid dienone is 3. The fourth-order valence-corrected chi connectivity index (χ4v) is 0.506. The summed E-state index contributed by atoms with van der Waals surface area (Å²) in [7, 11) is 0. The fraction of sp³-hybridized carbons (Fsp3) is 0.333. The van der Waals surface area contributed by atoms with Crippen LogP contribution in [0.1, 0.15) is 6.92 Å². The van der Waals surface area contributed by atoms with Crippen LogP contribution >= 0.6 is 0 Å². The van der Waals surface area contributed by atoms with E-state index in [9.17, 15) is 0 Å². The van der Waals surface area contributed by atoms with Gasteiger partial charge in [0.1, 0.15) is 0 Å². The number of dihydropyridines is 1. The van der Waals surface area contributed by atoms with Crippen molar-refractivity contribution < 1.29 is 0 Å². The van der Waals surface area contributed by atoms with E-state index in [-0.39, 0.29) is 0 Å². The lowest BCUT2D eigenvalue weighted by Crippen LogP contribution is -2.12. The summed E-state index contributed by atoms with van der Waals surface area (Å²) in [6.07, 6.45) is 6.88. The van der Waals surface area contributed by atoms with Crippen LogP contribution in [0.3, 0.4) is 0 Å². The minimum absolute atomic E-state index is 0.933. The van der Waals surface area contributed by atoms with Gasteiger partial charge in [-0.2, -0.15) is 0 Å². The van der Waals surface area contributed by atoms with E-state index in [1.165, 1.54) is 5.70 Å². The molecule has 1 heteroatoms. The van der Waals surface area contributed by atoms with Gasteiger partial charge in [0.05, 0.1) is 0 Å². The van der Waals surface area contributed by atoms with Crippen LogP contribution in [0, 0.1) is 6.08 Å². The molecule has 0 unspecified atom stereocenters. The number of hydrogen-bond donors (Lipinski definition) is 1. The maximum absolute atomic E-state index is 3.12. The summed E-state index contributed by atoms with van der Waals surface area (Å²) in [5, 5.41) is 3.12. The lowest BCUT2D eigenvalue weighted by molar-refractivity contribution is 0.887. The molecule has 1 heterocycles. The molecule has 0 amide bonds. The van der Waals surface area contributed by atoms with Crippen molar-refractivity contribution in [1.82, 2.24) is 5.32 Å². The molecule has 0 aliphatic carbocycles. The summed E-state index contributed by atoms with van der Waals surface area (Å²) in [5.41, 5.74) is 1.20. The van der Waals surface area contributed by atoms with Crippen molar-refractivity contribution in [2.45, 2.75) is 6.92 Å². The average Bonchev–Trinajstić information content (AvgIpc) is 1.69. The molecule has 1 radical (unpaired) electrons. The third-order valence-corrected chi connectivity index (χ3v) is 0.901. The van der Waals surface area contributed by atoms with Crippen LogP contribution < -0.4 is 5.32 Å². The molecule has 0 bridgehead atoms. The van der Waals surface area contributed by atoms with Gasteiger partial charge in [0, 0.05) is 12.2 Å². The van der Waals surface area contributed by atoms with Crippen molar-refractivity contribution in [2.24, 2.45) is 0 Å². The second-order valence-corrected chi connectivity index (χ2v) is 1.58. The van der Waals surface area contributed by atoms with Crippen LogP contribution in [0.15, 0.2) is 17.8 Å². The van der Waals surface area contributed by atoms with Gasteiger partial charge in [0.25, 0.3) is 0 Å². The highest BCUT2D eigenvalue weighted by atomic mass is 14.9. The Balaban J connectivity index is 2.57. The molecule has 0 saturated heterocycles. The van der Waals surface area contributed by atoms with Crippen molar-refractivity contribution in [2.75, 3.05) is 6.54 Å². The van der Waals surface area contributed by atoms with E-state index in [0.29, 0.717) is 0 Å². The second-order valence-electron chi connectivity index (χ2n) is 1.58. The van der Waals surface area contributed by atoms with Crippen LogP contribution in [0.4, 0.5) is 0 Å². The van der Waals surface area contributed by atoms with Gasteiger partial charge in [-0.1, -0.05) is 6.08 Å². The summed E-state index contributed by atoms with van der Waals surface area (Å²) < 4.78 is 0. The fourth-order valence-electron chi connectivity index (χ4n) is 0.506. The van der Waals surface area contributed by atoms with Crippen molar-refractivity contribution in [1.29, 1.82) is 0 Å². The first-order valence-corrected chi connectivity index (χ1v) is 2.38. The smallest absolute Gasteiger partial charge is 0.0336 e. The summed E-state index contributed by atoms with van der Waals surface area (Å²) in [6, 6.07) is 0. The van der Waals surface area contributed by atoms with E-state index in [2.05, 4.69) is 11.4 Å². The number of rotatable bonds is 0. The van der Waals surface area contributed by atoms with Crippen LogP contribution in [0.2, 0.25) is 0 Å². The van der Waals surface area contributed by atoms with E-state index in [1.54, 1.807) is 0 Å². The lowest BCUT2D eigenvalue weighted by Gasteiger charge is -2.03. The third-order valence-electron chi connectivity index (χ3n) is 0.901. The van der Waals surface area contributed by atoms with Gasteiger partial charge in [-0.05, 0) is 19.1 Å². The Hall–Kier alpha value is -0.720. The third kappa shape index (κ3) is 1.07. The van der Waals surface area contributed by atoms with Crippen molar-refractivity contribution >= 4 is 0 Å². The maximum Gasteiger partial charge on any atom is 0.0336 e. The molecule has 1 aliphatic heterocycles. The molecular formula is C6H8N. The molecule has 1 rings (SSSR count). The molecule has 1 nitrogen and oxygen atoms in total. The minimum atomic E-state index is 0.933. The highest BCUT2D eigenvalue weighted by Gasteiger charge is 1.85. The molecule has 0 aromatic carbocycles. The molecule has 7 heavy (non-hydrogen) atoms. The van der Waals surface area contributed by atoms with Crippen LogP contribution in [-0.2, 0) is 0 Å². The van der Waals surface area contributed by atoms with Crippen LogP contribution in [0.5, 0.6) is 0 Å². The zero-order valence-electron chi connectivity index (χ0n) is 4.36. The second kappa shape index (κ2) is 1.82. The predicted octanol–water partition coefficient (Wildman–Crippen LogP) is 0.853.